The van der Waals surface area contributed by atoms with Gasteiger partial charge < -0.3 is 0 Å². The van der Waals surface area contributed by atoms with E-state index in [2.05, 4.69) is 6.92 Å². The monoisotopic (exact) mass is 168 g/mol. The summed E-state index contributed by atoms with van der Waals surface area (Å²) in [6, 6.07) is 0. The lowest BCUT2D eigenvalue weighted by atomic mass is 9.99. The van der Waals surface area contributed by atoms with Crippen LogP contribution in [0.5, 0.6) is 0 Å². The number of carbonyl (C=O) groups excluding carboxylic acids is 2. The Balaban J connectivity index is 2.25. The predicted octanol–water partition coefficient (Wildman–Crippen LogP) is 2.11. The van der Waals surface area contributed by atoms with Crippen LogP contribution in [0.4, 0.5) is 0 Å². The summed E-state index contributed by atoms with van der Waals surface area (Å²) in [7, 11) is 0. The lowest BCUT2D eigenvalue weighted by Crippen LogP contribution is -2.12. The van der Waals surface area contributed by atoms with Crippen molar-refractivity contribution in [3.8, 4) is 0 Å². The van der Waals surface area contributed by atoms with Gasteiger partial charge in [0.05, 0.1) is 0 Å². The number of hydrogen-bond acceptors (Lipinski definition) is 2. The molecular formula is C10H16O2. The molecule has 1 rings (SSSR count). The van der Waals surface area contributed by atoms with Crippen LogP contribution in [0, 0.1) is 5.92 Å². The lowest BCUT2D eigenvalue weighted by Gasteiger charge is -2.04. The molecule has 12 heavy (non-hydrogen) atoms. The zero-order valence-electron chi connectivity index (χ0n) is 7.64. The molecule has 1 atom stereocenters. The molecule has 0 aliphatic heterocycles. The van der Waals surface area contributed by atoms with Gasteiger partial charge in [0.1, 0.15) is 0 Å². The first kappa shape index (κ1) is 9.43. The van der Waals surface area contributed by atoms with Gasteiger partial charge >= 0.3 is 0 Å². The fourth-order valence-electron chi connectivity index (χ4n) is 1.70. The SMILES string of the molecule is CCCCCC1CCC(=O)C1=O. The molecule has 0 radical (unpaired) electrons. The molecule has 1 aliphatic rings. The molecule has 1 fully saturated rings. The Morgan fingerprint density at radius 1 is 1.33 bits per heavy atom. The summed E-state index contributed by atoms with van der Waals surface area (Å²) in [6.45, 7) is 2.14. The van der Waals surface area contributed by atoms with Crippen LogP contribution < -0.4 is 0 Å². The van der Waals surface area contributed by atoms with E-state index >= 15 is 0 Å². The minimum absolute atomic E-state index is 0.0732. The molecule has 0 aromatic heterocycles. The van der Waals surface area contributed by atoms with Crippen LogP contribution in [0.1, 0.15) is 45.4 Å². The fraction of sp³-hybridized carbons (Fsp3) is 0.800. The van der Waals surface area contributed by atoms with Crippen LogP contribution in [0.3, 0.4) is 0 Å². The molecule has 0 spiro atoms. The van der Waals surface area contributed by atoms with E-state index in [4.69, 9.17) is 0 Å². The molecular weight excluding hydrogens is 152 g/mol. The summed E-state index contributed by atoms with van der Waals surface area (Å²) in [4.78, 5) is 22.0. The second kappa shape index (κ2) is 4.39. The summed E-state index contributed by atoms with van der Waals surface area (Å²) < 4.78 is 0. The molecule has 0 heterocycles. The van der Waals surface area contributed by atoms with Gasteiger partial charge in [-0.05, 0) is 12.8 Å². The van der Waals surface area contributed by atoms with Crippen molar-refractivity contribution in [2.75, 3.05) is 0 Å². The highest BCUT2D eigenvalue weighted by Gasteiger charge is 2.31. The Bertz CT molecular complexity index is 184. The van der Waals surface area contributed by atoms with E-state index in [1.54, 1.807) is 0 Å². The molecule has 0 saturated heterocycles. The lowest BCUT2D eigenvalue weighted by molar-refractivity contribution is -0.135. The Labute approximate surface area is 73.3 Å². The highest BCUT2D eigenvalue weighted by atomic mass is 16.2. The second-order valence-corrected chi connectivity index (χ2v) is 3.52. The smallest absolute Gasteiger partial charge is 0.201 e. The Morgan fingerprint density at radius 3 is 2.58 bits per heavy atom. The summed E-state index contributed by atoms with van der Waals surface area (Å²) in [5.41, 5.74) is 0. The van der Waals surface area contributed by atoms with Gasteiger partial charge in [0.15, 0.2) is 5.78 Å². The molecule has 2 nitrogen and oxygen atoms in total. The number of carbonyl (C=O) groups is 2. The van der Waals surface area contributed by atoms with Crippen molar-refractivity contribution in [2.24, 2.45) is 5.92 Å². The summed E-state index contributed by atoms with van der Waals surface area (Å²) >= 11 is 0. The van der Waals surface area contributed by atoms with Gasteiger partial charge in [0.25, 0.3) is 0 Å². The van der Waals surface area contributed by atoms with Gasteiger partial charge in [0.2, 0.25) is 5.78 Å². The van der Waals surface area contributed by atoms with E-state index in [0.717, 1.165) is 19.3 Å². The third kappa shape index (κ3) is 2.16. The molecule has 0 amide bonds. The Hall–Kier alpha value is -0.660. The van der Waals surface area contributed by atoms with E-state index in [1.807, 2.05) is 0 Å². The summed E-state index contributed by atoms with van der Waals surface area (Å²) in [5.74, 6) is -0.174. The number of hydrogen-bond donors (Lipinski definition) is 0. The predicted molar refractivity (Wildman–Crippen MR) is 46.9 cm³/mol. The highest BCUT2D eigenvalue weighted by molar-refractivity contribution is 6.39. The molecule has 2 heteroatoms. The molecule has 68 valence electrons. The average Bonchev–Trinajstić information content (AvgIpc) is 2.36. The van der Waals surface area contributed by atoms with Crippen LogP contribution >= 0.6 is 0 Å². The molecule has 0 bridgehead atoms. The Kier molecular flexibility index (Phi) is 3.45. The normalized spacial score (nSPS) is 23.6. The first-order valence-corrected chi connectivity index (χ1v) is 4.82. The standard InChI is InChI=1S/C10H16O2/c1-2-3-4-5-8-6-7-9(11)10(8)12/h8H,2-7H2,1H3. The number of Topliss-reactive ketones (excluding diaryl/α,β-unsaturated/α-hetero) is 2. The largest absolute Gasteiger partial charge is 0.291 e. The first-order valence-electron chi connectivity index (χ1n) is 4.82. The van der Waals surface area contributed by atoms with Crippen molar-refractivity contribution in [3.05, 3.63) is 0 Å². The third-order valence-corrected chi connectivity index (χ3v) is 2.52. The second-order valence-electron chi connectivity index (χ2n) is 3.52. The fourth-order valence-corrected chi connectivity index (χ4v) is 1.70. The van der Waals surface area contributed by atoms with Crippen molar-refractivity contribution in [2.45, 2.75) is 45.4 Å². The van der Waals surface area contributed by atoms with E-state index in [0.29, 0.717) is 6.42 Å². The molecule has 0 aromatic carbocycles. The van der Waals surface area contributed by atoms with Crippen LogP contribution in [0.15, 0.2) is 0 Å². The molecule has 0 aromatic rings. The maximum atomic E-state index is 11.1. The zero-order chi connectivity index (χ0) is 8.97. The van der Waals surface area contributed by atoms with Gasteiger partial charge in [-0.3, -0.25) is 9.59 Å². The minimum atomic E-state index is -0.142. The zero-order valence-corrected chi connectivity index (χ0v) is 7.64. The highest BCUT2D eigenvalue weighted by Crippen LogP contribution is 2.23. The average molecular weight is 168 g/mol. The van der Waals surface area contributed by atoms with Gasteiger partial charge in [-0.1, -0.05) is 26.2 Å². The van der Waals surface area contributed by atoms with Gasteiger partial charge in [0, 0.05) is 12.3 Å². The first-order chi connectivity index (χ1) is 5.75. The van der Waals surface area contributed by atoms with E-state index < -0.39 is 0 Å². The Morgan fingerprint density at radius 2 is 2.08 bits per heavy atom. The van der Waals surface area contributed by atoms with Crippen LogP contribution in [-0.2, 0) is 9.59 Å². The molecule has 1 unspecified atom stereocenters. The van der Waals surface area contributed by atoms with Gasteiger partial charge in [-0.15, -0.1) is 0 Å². The summed E-state index contributed by atoms with van der Waals surface area (Å²) in [5, 5.41) is 0. The minimum Gasteiger partial charge on any atom is -0.291 e. The quantitative estimate of drug-likeness (QED) is 0.476. The molecule has 1 saturated carbocycles. The third-order valence-electron chi connectivity index (χ3n) is 2.52. The van der Waals surface area contributed by atoms with Crippen molar-refractivity contribution in [3.63, 3.8) is 0 Å². The van der Waals surface area contributed by atoms with E-state index in [-0.39, 0.29) is 17.5 Å². The topological polar surface area (TPSA) is 34.1 Å². The number of rotatable bonds is 4. The number of unbranched alkanes of at least 4 members (excludes halogenated alkanes) is 2. The van der Waals surface area contributed by atoms with E-state index in [1.165, 1.54) is 12.8 Å². The maximum Gasteiger partial charge on any atom is 0.201 e. The molecule has 0 N–H and O–H groups in total. The van der Waals surface area contributed by atoms with E-state index in [9.17, 15) is 9.59 Å². The van der Waals surface area contributed by atoms with Crippen LogP contribution in [0.25, 0.3) is 0 Å². The summed E-state index contributed by atoms with van der Waals surface area (Å²) in [6.07, 6.45) is 5.68. The number of ketones is 2. The van der Waals surface area contributed by atoms with Crippen molar-refractivity contribution in [1.29, 1.82) is 0 Å². The van der Waals surface area contributed by atoms with Gasteiger partial charge in [-0.25, -0.2) is 0 Å². The maximum absolute atomic E-state index is 11.1. The van der Waals surface area contributed by atoms with Crippen LogP contribution in [0.2, 0.25) is 0 Å². The van der Waals surface area contributed by atoms with Crippen LogP contribution in [-0.4, -0.2) is 11.6 Å². The van der Waals surface area contributed by atoms with Gasteiger partial charge in [-0.2, -0.15) is 0 Å². The molecule has 1 aliphatic carbocycles. The van der Waals surface area contributed by atoms with Crippen molar-refractivity contribution in [1.82, 2.24) is 0 Å². The van der Waals surface area contributed by atoms with Crippen molar-refractivity contribution < 1.29 is 9.59 Å². The van der Waals surface area contributed by atoms with Crippen molar-refractivity contribution >= 4 is 11.6 Å².